The first-order valence-corrected chi connectivity index (χ1v) is 15.2. The molecule has 0 radical (unpaired) electrons. The van der Waals surface area contributed by atoms with Gasteiger partial charge in [-0.25, -0.2) is 4.39 Å². The van der Waals surface area contributed by atoms with E-state index in [-0.39, 0.29) is 11.4 Å². The summed E-state index contributed by atoms with van der Waals surface area (Å²) in [6.45, 7) is 19.9. The molecule has 2 atom stereocenters. The molecule has 33 heavy (non-hydrogen) atoms. The second-order valence-corrected chi connectivity index (χ2v) is 17.2. The summed E-state index contributed by atoms with van der Waals surface area (Å²) in [6, 6.07) is 6.41. The highest BCUT2D eigenvalue weighted by atomic mass is 28.4. The van der Waals surface area contributed by atoms with Crippen LogP contribution < -0.4 is 15.0 Å². The molecule has 0 unspecified atom stereocenters. The van der Waals surface area contributed by atoms with Crippen molar-refractivity contribution in [1.29, 1.82) is 0 Å². The summed E-state index contributed by atoms with van der Waals surface area (Å²) in [5.41, 5.74) is 2.57. The molecule has 0 aromatic heterocycles. The molecule has 1 saturated heterocycles. The number of anilines is 1. The van der Waals surface area contributed by atoms with Gasteiger partial charge in [0.15, 0.2) is 19.9 Å². The van der Waals surface area contributed by atoms with Gasteiger partial charge in [-0.05, 0) is 55.4 Å². The summed E-state index contributed by atoms with van der Waals surface area (Å²) in [4.78, 5) is 2.42. The molecule has 0 amide bonds. The zero-order valence-corrected chi connectivity index (χ0v) is 23.2. The molecule has 0 spiro atoms. The Morgan fingerprint density at radius 1 is 1.03 bits per heavy atom. The van der Waals surface area contributed by atoms with E-state index in [1.807, 2.05) is 6.07 Å². The van der Waals surface area contributed by atoms with Gasteiger partial charge in [0.25, 0.3) is 0 Å². The lowest BCUT2D eigenvalue weighted by Crippen LogP contribution is -2.67. The zero-order chi connectivity index (χ0) is 24.4. The van der Waals surface area contributed by atoms with E-state index in [0.717, 1.165) is 18.7 Å². The molecule has 1 aromatic rings. The summed E-state index contributed by atoms with van der Waals surface area (Å²) in [6.07, 6.45) is 4.88. The normalized spacial score (nSPS) is 23.3. The van der Waals surface area contributed by atoms with Gasteiger partial charge in [0.2, 0.25) is 0 Å². The van der Waals surface area contributed by atoms with Crippen LogP contribution in [0.4, 0.5) is 10.1 Å². The third-order valence-electron chi connectivity index (χ3n) is 7.92. The lowest BCUT2D eigenvalue weighted by Gasteiger charge is -2.52. The Labute approximate surface area is 202 Å². The van der Waals surface area contributed by atoms with Crippen molar-refractivity contribution in [3.8, 4) is 5.75 Å². The molecule has 2 fully saturated rings. The summed E-state index contributed by atoms with van der Waals surface area (Å²) in [5, 5.41) is 3.82. The maximum Gasteiger partial charge on any atom is 0.200 e. The highest BCUT2D eigenvalue weighted by Gasteiger charge is 2.45. The van der Waals surface area contributed by atoms with Gasteiger partial charge in [0.1, 0.15) is 6.61 Å². The Kier molecular flexibility index (Phi) is 8.55. The van der Waals surface area contributed by atoms with Gasteiger partial charge in [-0.1, -0.05) is 54.4 Å². The van der Waals surface area contributed by atoms with Crippen LogP contribution in [0.15, 0.2) is 18.2 Å². The molecule has 1 heterocycles. The standard InChI is InChI=1S/C27H47FN2O2Si/c1-19(2)33(20(3)4,21(5)6)32-16-15-31-26-14-13-22(17-23(26)28)30-18-27(7,8)29-24-11-9-10-12-25(24)30/h13-14,17,19-21,24-25,29H,9-12,15-16,18H2,1-8H3/t24-,25+/m1/s1. The van der Waals surface area contributed by atoms with Crippen LogP contribution in [-0.4, -0.2) is 45.7 Å². The molecule has 0 bridgehead atoms. The van der Waals surface area contributed by atoms with Crippen LogP contribution in [0.2, 0.25) is 16.6 Å². The van der Waals surface area contributed by atoms with E-state index in [0.29, 0.717) is 47.7 Å². The van der Waals surface area contributed by atoms with Crippen molar-refractivity contribution in [2.24, 2.45) is 0 Å². The van der Waals surface area contributed by atoms with Crippen LogP contribution >= 0.6 is 0 Å². The van der Waals surface area contributed by atoms with E-state index >= 15 is 4.39 Å². The second kappa shape index (κ2) is 10.7. The molecule has 4 nitrogen and oxygen atoms in total. The van der Waals surface area contributed by atoms with Crippen molar-refractivity contribution in [2.75, 3.05) is 24.7 Å². The molecular weight excluding hydrogens is 431 g/mol. The van der Waals surface area contributed by atoms with Gasteiger partial charge in [-0.15, -0.1) is 0 Å². The largest absolute Gasteiger partial charge is 0.488 e. The molecule has 2 aliphatic rings. The van der Waals surface area contributed by atoms with Crippen molar-refractivity contribution in [2.45, 2.75) is 115 Å². The molecular formula is C27H47FN2O2Si. The van der Waals surface area contributed by atoms with E-state index in [2.05, 4.69) is 65.6 Å². The highest BCUT2D eigenvalue weighted by molar-refractivity contribution is 6.77. The minimum absolute atomic E-state index is 0.0150. The maximum absolute atomic E-state index is 15.1. The Morgan fingerprint density at radius 3 is 2.27 bits per heavy atom. The number of hydrogen-bond donors (Lipinski definition) is 1. The van der Waals surface area contributed by atoms with Gasteiger partial charge in [-0.3, -0.25) is 0 Å². The molecule has 1 aliphatic heterocycles. The molecule has 1 aliphatic carbocycles. The second-order valence-electron chi connectivity index (χ2n) is 11.7. The van der Waals surface area contributed by atoms with Gasteiger partial charge in [-0.2, -0.15) is 0 Å². The number of piperazine rings is 1. The van der Waals surface area contributed by atoms with E-state index in [4.69, 9.17) is 9.16 Å². The quantitative estimate of drug-likeness (QED) is 0.309. The molecule has 1 aromatic carbocycles. The molecule has 6 heteroatoms. The number of nitrogens with zero attached hydrogens (tertiary/aromatic N) is 1. The van der Waals surface area contributed by atoms with E-state index in [1.165, 1.54) is 19.3 Å². The molecule has 1 saturated carbocycles. The van der Waals surface area contributed by atoms with Crippen molar-refractivity contribution in [1.82, 2.24) is 5.32 Å². The van der Waals surface area contributed by atoms with Crippen LogP contribution in [0, 0.1) is 5.82 Å². The molecule has 188 valence electrons. The number of fused-ring (bicyclic) bond motifs is 1. The van der Waals surface area contributed by atoms with Crippen molar-refractivity contribution in [3.63, 3.8) is 0 Å². The fraction of sp³-hybridized carbons (Fsp3) is 0.778. The number of benzene rings is 1. The van der Waals surface area contributed by atoms with Crippen molar-refractivity contribution in [3.05, 3.63) is 24.0 Å². The van der Waals surface area contributed by atoms with Crippen LogP contribution in [0.5, 0.6) is 5.75 Å². The third kappa shape index (κ3) is 5.76. The first-order valence-electron chi connectivity index (χ1n) is 13.1. The lowest BCUT2D eigenvalue weighted by molar-refractivity contribution is 0.193. The summed E-state index contributed by atoms with van der Waals surface area (Å²) in [5.74, 6) is 0.0409. The smallest absolute Gasteiger partial charge is 0.200 e. The molecule has 3 rings (SSSR count). The number of nitrogens with one attached hydrogen (secondary N) is 1. The summed E-state index contributed by atoms with van der Waals surface area (Å²) >= 11 is 0. The summed E-state index contributed by atoms with van der Waals surface area (Å²) < 4.78 is 27.5. The van der Waals surface area contributed by atoms with E-state index in [9.17, 15) is 0 Å². The minimum Gasteiger partial charge on any atom is -0.488 e. The van der Waals surface area contributed by atoms with Crippen LogP contribution in [0.1, 0.15) is 81.1 Å². The predicted molar refractivity (Wildman–Crippen MR) is 139 cm³/mol. The highest BCUT2D eigenvalue weighted by Crippen LogP contribution is 2.42. The Bertz CT molecular complexity index is 762. The summed E-state index contributed by atoms with van der Waals surface area (Å²) in [7, 11) is -1.93. The number of rotatable bonds is 9. The van der Waals surface area contributed by atoms with Gasteiger partial charge in [0, 0.05) is 35.9 Å². The number of halogens is 1. The lowest BCUT2D eigenvalue weighted by atomic mass is 9.83. The Morgan fingerprint density at radius 2 is 1.67 bits per heavy atom. The Hall–Kier alpha value is -1.11. The van der Waals surface area contributed by atoms with Crippen molar-refractivity contribution >= 4 is 14.0 Å². The van der Waals surface area contributed by atoms with E-state index < -0.39 is 8.32 Å². The fourth-order valence-electron chi connectivity index (χ4n) is 6.68. The number of hydrogen-bond acceptors (Lipinski definition) is 4. The average molecular weight is 479 g/mol. The SMILES string of the molecule is CC(C)[Si](OCCOc1ccc(N2CC(C)(C)N[C@@H]3CCCC[C@@H]32)cc1F)(C(C)C)C(C)C. The van der Waals surface area contributed by atoms with Crippen LogP contribution in [0.25, 0.3) is 0 Å². The first kappa shape index (κ1) is 26.5. The molecule has 1 N–H and O–H groups in total. The number of ether oxygens (including phenoxy) is 1. The van der Waals surface area contributed by atoms with Crippen LogP contribution in [0.3, 0.4) is 0 Å². The first-order chi connectivity index (χ1) is 15.5. The van der Waals surface area contributed by atoms with Crippen LogP contribution in [-0.2, 0) is 4.43 Å². The monoisotopic (exact) mass is 478 g/mol. The zero-order valence-electron chi connectivity index (χ0n) is 22.2. The van der Waals surface area contributed by atoms with Gasteiger partial charge in [0.05, 0.1) is 6.61 Å². The van der Waals surface area contributed by atoms with Crippen molar-refractivity contribution < 1.29 is 13.6 Å². The Balaban J connectivity index is 1.65. The van der Waals surface area contributed by atoms with Gasteiger partial charge >= 0.3 is 0 Å². The van der Waals surface area contributed by atoms with E-state index in [1.54, 1.807) is 12.1 Å². The third-order valence-corrected chi connectivity index (χ3v) is 14.0. The van der Waals surface area contributed by atoms with Gasteiger partial charge < -0.3 is 19.4 Å². The average Bonchev–Trinajstić information content (AvgIpc) is 2.72. The fourth-order valence-corrected chi connectivity index (χ4v) is 12.1. The topological polar surface area (TPSA) is 33.7 Å². The predicted octanol–water partition coefficient (Wildman–Crippen LogP) is 6.90. The maximum atomic E-state index is 15.1. The minimum atomic E-state index is -1.93.